The van der Waals surface area contributed by atoms with Crippen LogP contribution in [0.1, 0.15) is 26.6 Å². The van der Waals surface area contributed by atoms with E-state index in [1.165, 1.54) is 23.5 Å². The zero-order valence-electron chi connectivity index (χ0n) is 14.6. The molecule has 0 saturated heterocycles. The predicted octanol–water partition coefficient (Wildman–Crippen LogP) is 3.46. The number of aryl methyl sites for hydroxylation is 1. The second-order valence-corrected chi connectivity index (χ2v) is 7.68. The lowest BCUT2D eigenvalue weighted by Crippen LogP contribution is -2.35. The van der Waals surface area contributed by atoms with Gasteiger partial charge < -0.3 is 4.90 Å². The Hall–Kier alpha value is -3.00. The Morgan fingerprint density at radius 1 is 1.30 bits per heavy atom. The quantitative estimate of drug-likeness (QED) is 0.578. The molecular formula is C19H16FN5OS. The van der Waals surface area contributed by atoms with Gasteiger partial charge in [0.15, 0.2) is 0 Å². The number of rotatable bonds is 2. The fourth-order valence-electron chi connectivity index (χ4n) is 3.46. The van der Waals surface area contributed by atoms with Gasteiger partial charge in [0.05, 0.1) is 22.5 Å². The summed E-state index contributed by atoms with van der Waals surface area (Å²) in [5, 5.41) is 12.6. The highest BCUT2D eigenvalue weighted by molar-refractivity contribution is 7.20. The molecule has 1 N–H and O–H groups in total. The van der Waals surface area contributed by atoms with E-state index in [0.717, 1.165) is 39.3 Å². The number of carbonyl (C=O) groups excluding carboxylic acids is 1. The molecule has 27 heavy (non-hydrogen) atoms. The Bertz CT molecular complexity index is 1160. The summed E-state index contributed by atoms with van der Waals surface area (Å²) in [6, 6.07) is 8.11. The van der Waals surface area contributed by atoms with Crippen molar-refractivity contribution in [2.24, 2.45) is 0 Å². The molecule has 3 aromatic heterocycles. The van der Waals surface area contributed by atoms with Crippen LogP contribution >= 0.6 is 11.3 Å². The molecule has 1 aliphatic rings. The van der Waals surface area contributed by atoms with Gasteiger partial charge in [-0.05, 0) is 37.3 Å². The molecule has 0 fully saturated rings. The molecular weight excluding hydrogens is 365 g/mol. The lowest BCUT2D eigenvalue weighted by atomic mass is 10.1. The molecule has 6 nitrogen and oxygen atoms in total. The minimum absolute atomic E-state index is 0.0214. The molecule has 136 valence electrons. The van der Waals surface area contributed by atoms with Crippen LogP contribution in [0.2, 0.25) is 0 Å². The third kappa shape index (κ3) is 2.64. The van der Waals surface area contributed by atoms with Crippen molar-refractivity contribution >= 4 is 27.5 Å². The van der Waals surface area contributed by atoms with Gasteiger partial charge in [0.25, 0.3) is 5.91 Å². The molecule has 0 spiro atoms. The minimum Gasteiger partial charge on any atom is -0.333 e. The summed E-state index contributed by atoms with van der Waals surface area (Å²) < 4.78 is 15.0. The zero-order chi connectivity index (χ0) is 18.5. The number of nitrogens with one attached hydrogen (secondary N) is 1. The lowest BCUT2D eigenvalue weighted by Gasteiger charge is -2.26. The van der Waals surface area contributed by atoms with Crippen LogP contribution in [-0.4, -0.2) is 37.3 Å². The number of halogens is 1. The number of H-pyrrole nitrogens is 1. The van der Waals surface area contributed by atoms with E-state index in [4.69, 9.17) is 0 Å². The van der Waals surface area contributed by atoms with Crippen LogP contribution in [0, 0.1) is 12.7 Å². The Morgan fingerprint density at radius 3 is 2.93 bits per heavy atom. The van der Waals surface area contributed by atoms with Crippen LogP contribution in [0.5, 0.6) is 0 Å². The summed E-state index contributed by atoms with van der Waals surface area (Å²) >= 11 is 1.42. The summed E-state index contributed by atoms with van der Waals surface area (Å²) in [4.78, 5) is 16.5. The molecule has 0 unspecified atom stereocenters. The van der Waals surface area contributed by atoms with Gasteiger partial charge >= 0.3 is 0 Å². The van der Waals surface area contributed by atoms with E-state index in [-0.39, 0.29) is 11.7 Å². The van der Waals surface area contributed by atoms with Crippen molar-refractivity contribution in [3.63, 3.8) is 0 Å². The number of carbonyl (C=O) groups is 1. The predicted molar refractivity (Wildman–Crippen MR) is 101 cm³/mol. The number of aromatic amines is 1. The Labute approximate surface area is 158 Å². The smallest absolute Gasteiger partial charge is 0.264 e. The first-order valence-electron chi connectivity index (χ1n) is 8.65. The molecule has 5 rings (SSSR count). The molecule has 1 aromatic carbocycles. The van der Waals surface area contributed by atoms with Gasteiger partial charge in [-0.3, -0.25) is 9.89 Å². The summed E-state index contributed by atoms with van der Waals surface area (Å²) in [6.07, 6.45) is 2.57. The maximum Gasteiger partial charge on any atom is 0.264 e. The fourth-order valence-corrected chi connectivity index (χ4v) is 4.61. The first-order valence-corrected chi connectivity index (χ1v) is 9.47. The van der Waals surface area contributed by atoms with Gasteiger partial charge in [-0.1, -0.05) is 0 Å². The SMILES string of the molecule is Cc1nn(-c2ccc(F)cc2)c2sc(C(=O)N3CCc4[nH]ncc4C3)cc12. The highest BCUT2D eigenvalue weighted by Gasteiger charge is 2.25. The Kier molecular flexibility index (Phi) is 3.61. The van der Waals surface area contributed by atoms with E-state index < -0.39 is 0 Å². The normalized spacial score (nSPS) is 13.9. The minimum atomic E-state index is -0.287. The first kappa shape index (κ1) is 16.2. The Morgan fingerprint density at radius 2 is 2.11 bits per heavy atom. The van der Waals surface area contributed by atoms with Crippen molar-refractivity contribution in [1.82, 2.24) is 24.9 Å². The van der Waals surface area contributed by atoms with Crippen molar-refractivity contribution in [2.45, 2.75) is 19.9 Å². The number of hydrogen-bond acceptors (Lipinski definition) is 4. The summed E-state index contributed by atoms with van der Waals surface area (Å²) in [7, 11) is 0. The second-order valence-electron chi connectivity index (χ2n) is 6.65. The van der Waals surface area contributed by atoms with Crippen LogP contribution in [0.15, 0.2) is 36.5 Å². The van der Waals surface area contributed by atoms with Crippen LogP contribution in [0.4, 0.5) is 4.39 Å². The van der Waals surface area contributed by atoms with E-state index >= 15 is 0 Å². The van der Waals surface area contributed by atoms with E-state index in [1.807, 2.05) is 17.9 Å². The largest absolute Gasteiger partial charge is 0.333 e. The average Bonchev–Trinajstić information content (AvgIpc) is 3.38. The number of fused-ring (bicyclic) bond motifs is 2. The standard InChI is InChI=1S/C19H16FN5OS/c1-11-15-8-17(18(26)24-7-6-16-12(10-24)9-21-22-16)27-19(15)25(23-11)14-4-2-13(20)3-5-14/h2-5,8-9H,6-7,10H2,1H3,(H,21,22). The van der Waals surface area contributed by atoms with Crippen LogP contribution in [0.3, 0.4) is 0 Å². The Balaban J connectivity index is 1.51. The monoisotopic (exact) mass is 381 g/mol. The van der Waals surface area contributed by atoms with E-state index in [0.29, 0.717) is 18.0 Å². The zero-order valence-corrected chi connectivity index (χ0v) is 15.4. The van der Waals surface area contributed by atoms with Crippen LogP contribution in [-0.2, 0) is 13.0 Å². The van der Waals surface area contributed by atoms with Crippen LogP contribution in [0.25, 0.3) is 15.9 Å². The maximum absolute atomic E-state index is 13.2. The lowest BCUT2D eigenvalue weighted by molar-refractivity contribution is 0.0739. The molecule has 0 radical (unpaired) electrons. The maximum atomic E-state index is 13.2. The number of amides is 1. The summed E-state index contributed by atoms with van der Waals surface area (Å²) in [6.45, 7) is 3.16. The molecule has 1 amide bonds. The van der Waals surface area contributed by atoms with E-state index in [2.05, 4.69) is 15.3 Å². The summed E-state index contributed by atoms with van der Waals surface area (Å²) in [5.74, 6) is -0.266. The topological polar surface area (TPSA) is 66.8 Å². The van der Waals surface area contributed by atoms with Gasteiger partial charge in [0, 0.05) is 36.2 Å². The molecule has 4 aromatic rings. The van der Waals surface area contributed by atoms with Crippen molar-refractivity contribution in [3.05, 3.63) is 64.2 Å². The molecule has 4 heterocycles. The van der Waals surface area contributed by atoms with Gasteiger partial charge in [0.2, 0.25) is 0 Å². The van der Waals surface area contributed by atoms with Crippen molar-refractivity contribution < 1.29 is 9.18 Å². The third-order valence-corrected chi connectivity index (χ3v) is 6.01. The number of nitrogens with zero attached hydrogens (tertiary/aromatic N) is 4. The van der Waals surface area contributed by atoms with Gasteiger partial charge in [-0.2, -0.15) is 10.2 Å². The second kappa shape index (κ2) is 6.02. The number of benzene rings is 1. The van der Waals surface area contributed by atoms with E-state index in [9.17, 15) is 9.18 Å². The highest BCUT2D eigenvalue weighted by Crippen LogP contribution is 2.32. The van der Waals surface area contributed by atoms with Gasteiger partial charge in [-0.15, -0.1) is 11.3 Å². The highest BCUT2D eigenvalue weighted by atomic mass is 32.1. The third-order valence-electron chi connectivity index (χ3n) is 4.91. The molecule has 0 saturated carbocycles. The number of hydrogen-bond donors (Lipinski definition) is 1. The average molecular weight is 381 g/mol. The van der Waals surface area contributed by atoms with Crippen LogP contribution < -0.4 is 0 Å². The first-order chi connectivity index (χ1) is 13.1. The molecule has 8 heteroatoms. The molecule has 0 atom stereocenters. The molecule has 0 aliphatic carbocycles. The van der Waals surface area contributed by atoms with Crippen molar-refractivity contribution in [3.8, 4) is 5.69 Å². The number of thiophene rings is 1. The molecule has 0 bridgehead atoms. The van der Waals surface area contributed by atoms with Gasteiger partial charge in [-0.25, -0.2) is 9.07 Å². The van der Waals surface area contributed by atoms with Gasteiger partial charge in [0.1, 0.15) is 10.6 Å². The summed E-state index contributed by atoms with van der Waals surface area (Å²) in [5.41, 5.74) is 3.80. The molecule has 1 aliphatic heterocycles. The van der Waals surface area contributed by atoms with Crippen molar-refractivity contribution in [2.75, 3.05) is 6.54 Å². The number of aromatic nitrogens is 4. The fraction of sp³-hybridized carbons (Fsp3) is 0.211. The van der Waals surface area contributed by atoms with Crippen molar-refractivity contribution in [1.29, 1.82) is 0 Å². The van der Waals surface area contributed by atoms with E-state index in [1.54, 1.807) is 23.0 Å².